The van der Waals surface area contributed by atoms with Crippen molar-refractivity contribution in [3.05, 3.63) is 95.3 Å². The van der Waals surface area contributed by atoms with E-state index in [2.05, 4.69) is 11.1 Å². The first-order valence-corrected chi connectivity index (χ1v) is 8.39. The highest BCUT2D eigenvalue weighted by Gasteiger charge is 2.30. The number of hydrogen-bond acceptors (Lipinski definition) is 4. The fraction of sp³-hybridized carbons (Fsp3) is 0.0455. The van der Waals surface area contributed by atoms with Gasteiger partial charge in [-0.2, -0.15) is 18.4 Å². The lowest BCUT2D eigenvalue weighted by molar-refractivity contribution is -0.137. The van der Waals surface area contributed by atoms with Gasteiger partial charge in [0.05, 0.1) is 22.4 Å². The highest BCUT2D eigenvalue weighted by Crippen LogP contribution is 2.29. The molecule has 0 saturated heterocycles. The van der Waals surface area contributed by atoms with Gasteiger partial charge in [0.25, 0.3) is 0 Å². The molecular weight excluding hydrogens is 381 g/mol. The average molecular weight is 394 g/mol. The number of hydrogen-bond donors (Lipinski definition) is 0. The molecule has 4 nitrogen and oxygen atoms in total. The van der Waals surface area contributed by atoms with Gasteiger partial charge in [0.1, 0.15) is 11.8 Å². The first-order chi connectivity index (χ1) is 13.9. The second-order valence-electron chi connectivity index (χ2n) is 5.92. The van der Waals surface area contributed by atoms with Gasteiger partial charge in [0.15, 0.2) is 0 Å². The van der Waals surface area contributed by atoms with Gasteiger partial charge in [-0.05, 0) is 60.2 Å². The molecular formula is C22H13F3N2O2. The highest BCUT2D eigenvalue weighted by molar-refractivity contribution is 5.91. The number of aromatic nitrogens is 1. The van der Waals surface area contributed by atoms with Crippen LogP contribution in [0.15, 0.2) is 72.9 Å². The zero-order valence-corrected chi connectivity index (χ0v) is 14.9. The molecule has 0 amide bonds. The van der Waals surface area contributed by atoms with Crippen molar-refractivity contribution in [2.75, 3.05) is 0 Å². The van der Waals surface area contributed by atoms with Crippen LogP contribution in [0.3, 0.4) is 0 Å². The third kappa shape index (κ3) is 5.08. The van der Waals surface area contributed by atoms with Crippen LogP contribution >= 0.6 is 0 Å². The van der Waals surface area contributed by atoms with Crippen molar-refractivity contribution < 1.29 is 22.7 Å². The zero-order valence-electron chi connectivity index (χ0n) is 14.9. The molecule has 0 atom stereocenters. The molecule has 1 heterocycles. The summed E-state index contributed by atoms with van der Waals surface area (Å²) in [5.41, 5.74) is 0.768. The Kier molecular flexibility index (Phi) is 5.74. The molecule has 0 fully saturated rings. The van der Waals surface area contributed by atoms with Gasteiger partial charge < -0.3 is 4.74 Å². The molecule has 0 bridgehead atoms. The maximum atomic E-state index is 12.6. The molecule has 29 heavy (non-hydrogen) atoms. The van der Waals surface area contributed by atoms with Crippen LogP contribution < -0.4 is 4.74 Å². The lowest BCUT2D eigenvalue weighted by Crippen LogP contribution is -2.10. The van der Waals surface area contributed by atoms with Crippen LogP contribution in [-0.4, -0.2) is 11.0 Å². The number of esters is 1. The number of carbonyl (C=O) groups is 1. The lowest BCUT2D eigenvalue weighted by Gasteiger charge is -2.08. The summed E-state index contributed by atoms with van der Waals surface area (Å²) in [5.74, 6) is -0.545. The number of rotatable bonds is 4. The first-order valence-electron chi connectivity index (χ1n) is 8.39. The number of nitrogens with zero attached hydrogens (tertiary/aromatic N) is 2. The number of pyridine rings is 1. The van der Waals surface area contributed by atoms with E-state index in [1.54, 1.807) is 42.6 Å². The Bertz CT molecular complexity index is 1070. The van der Waals surface area contributed by atoms with Crippen molar-refractivity contribution in [2.45, 2.75) is 6.18 Å². The molecule has 0 radical (unpaired) electrons. The molecule has 0 N–H and O–H groups in total. The number of carbonyl (C=O) groups excluding carboxylic acids is 1. The summed E-state index contributed by atoms with van der Waals surface area (Å²) in [6, 6.07) is 17.5. The molecule has 144 valence electrons. The van der Waals surface area contributed by atoms with Crippen molar-refractivity contribution in [3.63, 3.8) is 0 Å². The summed E-state index contributed by atoms with van der Waals surface area (Å²) in [5, 5.41) is 9.31. The Hall–Kier alpha value is -3.92. The van der Waals surface area contributed by atoms with E-state index in [0.717, 1.165) is 24.3 Å². The fourth-order valence-electron chi connectivity index (χ4n) is 2.45. The van der Waals surface area contributed by atoms with Gasteiger partial charge in [0, 0.05) is 6.20 Å². The van der Waals surface area contributed by atoms with E-state index >= 15 is 0 Å². The summed E-state index contributed by atoms with van der Waals surface area (Å²) in [4.78, 5) is 16.2. The van der Waals surface area contributed by atoms with Crippen LogP contribution in [0.2, 0.25) is 0 Å². The van der Waals surface area contributed by atoms with Gasteiger partial charge in [-0.25, -0.2) is 4.79 Å². The van der Waals surface area contributed by atoms with Crippen molar-refractivity contribution in [1.82, 2.24) is 4.98 Å². The smallest absolute Gasteiger partial charge is 0.416 e. The van der Waals surface area contributed by atoms with Gasteiger partial charge in [0.2, 0.25) is 0 Å². The first kappa shape index (κ1) is 19.8. The van der Waals surface area contributed by atoms with E-state index in [-0.39, 0.29) is 11.3 Å². The van der Waals surface area contributed by atoms with Crippen LogP contribution in [0.1, 0.15) is 27.2 Å². The van der Waals surface area contributed by atoms with Crippen LogP contribution in [0, 0.1) is 11.3 Å². The van der Waals surface area contributed by atoms with E-state index in [0.29, 0.717) is 16.8 Å². The summed E-state index contributed by atoms with van der Waals surface area (Å²) in [7, 11) is 0. The molecule has 7 heteroatoms. The predicted molar refractivity (Wildman–Crippen MR) is 101 cm³/mol. The van der Waals surface area contributed by atoms with Gasteiger partial charge >= 0.3 is 12.1 Å². The summed E-state index contributed by atoms with van der Waals surface area (Å²) >= 11 is 0. The Morgan fingerprint density at radius 2 is 1.69 bits per heavy atom. The van der Waals surface area contributed by atoms with E-state index in [9.17, 15) is 23.2 Å². The molecule has 0 saturated carbocycles. The van der Waals surface area contributed by atoms with E-state index in [4.69, 9.17) is 4.74 Å². The van der Waals surface area contributed by atoms with Gasteiger partial charge in [-0.15, -0.1) is 0 Å². The Labute approximate surface area is 164 Å². The standard InChI is InChI=1S/C22H13F3N2O2/c23-22(24,25)18-8-6-16(7-9-18)21(28)29-19-10-4-15(5-11-19)13-17(14-26)20-3-1-2-12-27-20/h1-13H. The number of ether oxygens (including phenoxy) is 1. The van der Waals surface area contributed by atoms with E-state index < -0.39 is 17.7 Å². The number of nitriles is 1. The van der Waals surface area contributed by atoms with Crippen LogP contribution in [-0.2, 0) is 6.18 Å². The normalized spacial score (nSPS) is 11.6. The minimum atomic E-state index is -4.47. The van der Waals surface area contributed by atoms with Crippen LogP contribution in [0.4, 0.5) is 13.2 Å². The van der Waals surface area contributed by atoms with Crippen molar-refractivity contribution >= 4 is 17.6 Å². The Morgan fingerprint density at radius 3 is 2.24 bits per heavy atom. The van der Waals surface area contributed by atoms with Crippen molar-refractivity contribution in [3.8, 4) is 11.8 Å². The van der Waals surface area contributed by atoms with E-state index in [1.807, 2.05) is 0 Å². The predicted octanol–water partition coefficient (Wildman–Crippen LogP) is 5.38. The maximum Gasteiger partial charge on any atom is 0.416 e. The minimum Gasteiger partial charge on any atom is -0.423 e. The second-order valence-corrected chi connectivity index (χ2v) is 5.92. The monoisotopic (exact) mass is 394 g/mol. The second kappa shape index (κ2) is 8.40. The third-order valence-corrected chi connectivity index (χ3v) is 3.91. The molecule has 0 aliphatic rings. The SMILES string of the molecule is N#CC(=Cc1ccc(OC(=O)c2ccc(C(F)(F)F)cc2)cc1)c1ccccn1. The fourth-order valence-corrected chi connectivity index (χ4v) is 2.45. The van der Waals surface area contributed by atoms with E-state index in [1.165, 1.54) is 12.1 Å². The minimum absolute atomic E-state index is 0.00360. The number of halogens is 3. The van der Waals surface area contributed by atoms with Gasteiger partial charge in [-0.3, -0.25) is 4.98 Å². The quantitative estimate of drug-likeness (QED) is 0.338. The van der Waals surface area contributed by atoms with Crippen molar-refractivity contribution in [1.29, 1.82) is 5.26 Å². The molecule has 0 aliphatic carbocycles. The molecule has 1 aromatic heterocycles. The largest absolute Gasteiger partial charge is 0.423 e. The average Bonchev–Trinajstić information content (AvgIpc) is 2.73. The number of benzene rings is 2. The molecule has 3 aromatic rings. The Morgan fingerprint density at radius 1 is 1.00 bits per heavy atom. The van der Waals surface area contributed by atoms with Crippen LogP contribution in [0.5, 0.6) is 5.75 Å². The van der Waals surface area contributed by atoms with Crippen LogP contribution in [0.25, 0.3) is 11.6 Å². The zero-order chi connectivity index (χ0) is 20.9. The summed E-state index contributed by atoms with van der Waals surface area (Å²) in [6.45, 7) is 0. The topological polar surface area (TPSA) is 63.0 Å². The number of allylic oxidation sites excluding steroid dienone is 1. The molecule has 0 unspecified atom stereocenters. The van der Waals surface area contributed by atoms with Crippen molar-refractivity contribution in [2.24, 2.45) is 0 Å². The van der Waals surface area contributed by atoms with Gasteiger partial charge in [-0.1, -0.05) is 18.2 Å². The molecule has 3 rings (SSSR count). The Balaban J connectivity index is 1.71. The number of alkyl halides is 3. The summed E-state index contributed by atoms with van der Waals surface area (Å²) in [6.07, 6.45) is -1.24. The highest BCUT2D eigenvalue weighted by atomic mass is 19.4. The molecule has 2 aromatic carbocycles. The molecule has 0 aliphatic heterocycles. The third-order valence-electron chi connectivity index (χ3n) is 3.91. The molecule has 0 spiro atoms. The maximum absolute atomic E-state index is 12.6. The summed E-state index contributed by atoms with van der Waals surface area (Å²) < 4.78 is 42.9. The lowest BCUT2D eigenvalue weighted by atomic mass is 10.1.